The average Bonchev–Trinajstić information content (AvgIpc) is 3.06. The highest BCUT2D eigenvalue weighted by atomic mass is 16.6. The summed E-state index contributed by atoms with van der Waals surface area (Å²) >= 11 is 0. The van der Waals surface area contributed by atoms with Crippen LogP contribution in [0.15, 0.2) is 97.1 Å². The topological polar surface area (TPSA) is 83.5 Å². The van der Waals surface area contributed by atoms with Crippen LogP contribution in [0.4, 0.5) is 4.79 Å². The Morgan fingerprint density at radius 2 is 1.59 bits per heavy atom. The maximum Gasteiger partial charge on any atom is 0.410 e. The van der Waals surface area contributed by atoms with E-state index in [0.717, 1.165) is 23.1 Å². The Kier molecular flexibility index (Phi) is 10.9. The Morgan fingerprint density at radius 1 is 0.870 bits per heavy atom. The molecule has 0 N–H and O–H groups in total. The standard InChI is InChI=1S/C38H43NO7/c1-38(2,3)46-37(41)39-21-20-33(34(25-39)45-26-27-14-15-28-10-8-9-13-31(28)24-27)29-16-18-32(19-17-29)43-22-23-44-36(40)35(42-4)30-11-6-5-7-12-30/h5-19,24,33-35H,20-23,25-26H2,1-4H3. The van der Waals surface area contributed by atoms with Crippen molar-refractivity contribution in [1.82, 2.24) is 4.90 Å². The van der Waals surface area contributed by atoms with E-state index in [0.29, 0.717) is 25.4 Å². The molecule has 0 saturated carbocycles. The number of benzene rings is 4. The Balaban J connectivity index is 1.20. The van der Waals surface area contributed by atoms with Gasteiger partial charge in [0.2, 0.25) is 0 Å². The normalized spacial score (nSPS) is 17.3. The zero-order valence-corrected chi connectivity index (χ0v) is 27.0. The molecule has 0 radical (unpaired) electrons. The van der Waals surface area contributed by atoms with Gasteiger partial charge in [0.15, 0.2) is 6.10 Å². The van der Waals surface area contributed by atoms with Gasteiger partial charge < -0.3 is 28.6 Å². The van der Waals surface area contributed by atoms with E-state index in [9.17, 15) is 9.59 Å². The van der Waals surface area contributed by atoms with Gasteiger partial charge in [-0.1, -0.05) is 78.9 Å². The van der Waals surface area contributed by atoms with Crippen molar-refractivity contribution >= 4 is 22.8 Å². The summed E-state index contributed by atoms with van der Waals surface area (Å²) in [6.45, 7) is 7.37. The maximum absolute atomic E-state index is 13.0. The number of rotatable bonds is 11. The molecule has 1 amide bonds. The first-order valence-electron chi connectivity index (χ1n) is 15.7. The first-order valence-corrected chi connectivity index (χ1v) is 15.7. The molecule has 1 aliphatic heterocycles. The molecule has 1 heterocycles. The molecule has 0 bridgehead atoms. The predicted molar refractivity (Wildman–Crippen MR) is 177 cm³/mol. The molecule has 4 aromatic rings. The number of hydrogen-bond donors (Lipinski definition) is 0. The van der Waals surface area contributed by atoms with Gasteiger partial charge in [-0.3, -0.25) is 0 Å². The number of fused-ring (bicyclic) bond motifs is 1. The van der Waals surface area contributed by atoms with Crippen molar-refractivity contribution < 1.29 is 33.3 Å². The largest absolute Gasteiger partial charge is 0.490 e. The fourth-order valence-electron chi connectivity index (χ4n) is 5.68. The lowest BCUT2D eigenvalue weighted by atomic mass is 9.87. The number of hydrogen-bond acceptors (Lipinski definition) is 7. The molecule has 5 rings (SSSR count). The van der Waals surface area contributed by atoms with Gasteiger partial charge in [-0.15, -0.1) is 0 Å². The predicted octanol–water partition coefficient (Wildman–Crippen LogP) is 7.46. The summed E-state index contributed by atoms with van der Waals surface area (Å²) in [7, 11) is 1.48. The molecule has 3 unspecified atom stereocenters. The van der Waals surface area contributed by atoms with Gasteiger partial charge in [0, 0.05) is 19.6 Å². The molecule has 3 atom stereocenters. The summed E-state index contributed by atoms with van der Waals surface area (Å²) in [5.74, 6) is 0.296. The second-order valence-corrected chi connectivity index (χ2v) is 12.5. The minimum Gasteiger partial charge on any atom is -0.490 e. The Morgan fingerprint density at radius 3 is 2.30 bits per heavy atom. The summed E-state index contributed by atoms with van der Waals surface area (Å²) in [6.07, 6.45) is -0.592. The van der Waals surface area contributed by atoms with Crippen LogP contribution in [0.5, 0.6) is 5.75 Å². The summed E-state index contributed by atoms with van der Waals surface area (Å²) < 4.78 is 28.8. The first-order chi connectivity index (χ1) is 22.2. The summed E-state index contributed by atoms with van der Waals surface area (Å²) in [5.41, 5.74) is 2.36. The quantitative estimate of drug-likeness (QED) is 0.126. The third-order valence-corrected chi connectivity index (χ3v) is 7.95. The van der Waals surface area contributed by atoms with Gasteiger partial charge >= 0.3 is 12.1 Å². The lowest BCUT2D eigenvalue weighted by molar-refractivity contribution is -0.156. The van der Waals surface area contributed by atoms with Crippen molar-refractivity contribution in [1.29, 1.82) is 0 Å². The van der Waals surface area contributed by atoms with Crippen LogP contribution in [-0.4, -0.2) is 62.1 Å². The van der Waals surface area contributed by atoms with Crippen LogP contribution in [0.1, 0.15) is 55.9 Å². The van der Waals surface area contributed by atoms with E-state index in [1.807, 2.05) is 87.5 Å². The zero-order valence-electron chi connectivity index (χ0n) is 27.0. The van der Waals surface area contributed by atoms with E-state index in [1.54, 1.807) is 4.90 Å². The minimum absolute atomic E-state index is 0.0816. The summed E-state index contributed by atoms with van der Waals surface area (Å²) in [6, 6.07) is 31.8. The Hall–Kier alpha value is -4.40. The molecule has 8 nitrogen and oxygen atoms in total. The van der Waals surface area contributed by atoms with Crippen molar-refractivity contribution in [2.24, 2.45) is 0 Å². The van der Waals surface area contributed by atoms with Gasteiger partial charge in [-0.05, 0) is 72.9 Å². The summed E-state index contributed by atoms with van der Waals surface area (Å²) in [4.78, 5) is 27.2. The van der Waals surface area contributed by atoms with Crippen LogP contribution < -0.4 is 4.74 Å². The molecule has 242 valence electrons. The average molecular weight is 626 g/mol. The third-order valence-electron chi connectivity index (χ3n) is 7.95. The van der Waals surface area contributed by atoms with Crippen molar-refractivity contribution in [3.63, 3.8) is 0 Å². The van der Waals surface area contributed by atoms with Crippen LogP contribution in [0.25, 0.3) is 10.8 Å². The van der Waals surface area contributed by atoms with Crippen LogP contribution in [0, 0.1) is 0 Å². The van der Waals surface area contributed by atoms with E-state index >= 15 is 0 Å². The van der Waals surface area contributed by atoms with Crippen LogP contribution >= 0.6 is 0 Å². The van der Waals surface area contributed by atoms with Crippen molar-refractivity contribution in [3.8, 4) is 5.75 Å². The number of piperidine rings is 1. The number of carbonyl (C=O) groups excluding carboxylic acids is 2. The molecule has 0 aromatic heterocycles. The molecule has 0 spiro atoms. The van der Waals surface area contributed by atoms with Crippen molar-refractivity contribution in [3.05, 3.63) is 114 Å². The highest BCUT2D eigenvalue weighted by Gasteiger charge is 2.35. The van der Waals surface area contributed by atoms with E-state index in [4.69, 9.17) is 23.7 Å². The number of ether oxygens (including phenoxy) is 5. The molecule has 0 aliphatic carbocycles. The fourth-order valence-corrected chi connectivity index (χ4v) is 5.68. The summed E-state index contributed by atoms with van der Waals surface area (Å²) in [5, 5.41) is 2.35. The Labute approximate surface area is 271 Å². The fraction of sp³-hybridized carbons (Fsp3) is 0.368. The van der Waals surface area contributed by atoms with Crippen LogP contribution in [0.3, 0.4) is 0 Å². The molecule has 46 heavy (non-hydrogen) atoms. The van der Waals surface area contributed by atoms with Gasteiger partial charge in [-0.25, -0.2) is 9.59 Å². The van der Waals surface area contributed by atoms with Gasteiger partial charge in [-0.2, -0.15) is 0 Å². The molecule has 1 aliphatic rings. The number of esters is 1. The van der Waals surface area contributed by atoms with E-state index in [1.165, 1.54) is 17.9 Å². The number of nitrogens with zero attached hydrogens (tertiary/aromatic N) is 1. The van der Waals surface area contributed by atoms with Gasteiger partial charge in [0.25, 0.3) is 0 Å². The highest BCUT2D eigenvalue weighted by molar-refractivity contribution is 5.83. The second-order valence-electron chi connectivity index (χ2n) is 12.5. The SMILES string of the molecule is COC(C(=O)OCCOc1ccc(C2CCN(C(=O)OC(C)(C)C)CC2OCc2ccc3ccccc3c2)cc1)c1ccccc1. The van der Waals surface area contributed by atoms with E-state index in [2.05, 4.69) is 30.3 Å². The highest BCUT2D eigenvalue weighted by Crippen LogP contribution is 2.33. The second kappa shape index (κ2) is 15.3. The number of likely N-dealkylation sites (tertiary alicyclic amines) is 1. The molecule has 1 saturated heterocycles. The van der Waals surface area contributed by atoms with Crippen LogP contribution in [0.2, 0.25) is 0 Å². The number of amides is 1. The maximum atomic E-state index is 13.0. The molecule has 4 aromatic carbocycles. The van der Waals surface area contributed by atoms with Crippen molar-refractivity contribution in [2.45, 2.75) is 57.5 Å². The third kappa shape index (κ3) is 8.86. The smallest absolute Gasteiger partial charge is 0.410 e. The van der Waals surface area contributed by atoms with Crippen molar-refractivity contribution in [2.75, 3.05) is 33.4 Å². The number of carbonyl (C=O) groups is 2. The molecular formula is C38H43NO7. The van der Waals surface area contributed by atoms with E-state index in [-0.39, 0.29) is 31.3 Å². The van der Waals surface area contributed by atoms with Gasteiger partial charge in [0.05, 0.1) is 19.3 Å². The minimum atomic E-state index is -0.779. The zero-order chi connectivity index (χ0) is 32.5. The lowest BCUT2D eigenvalue weighted by Crippen LogP contribution is -2.48. The first kappa shape index (κ1) is 33.0. The number of methoxy groups -OCH3 is 1. The van der Waals surface area contributed by atoms with Crippen LogP contribution in [-0.2, 0) is 30.3 Å². The van der Waals surface area contributed by atoms with Gasteiger partial charge in [0.1, 0.15) is 24.6 Å². The monoisotopic (exact) mass is 625 g/mol. The molecular weight excluding hydrogens is 582 g/mol. The Bertz CT molecular complexity index is 1580. The lowest BCUT2D eigenvalue weighted by Gasteiger charge is -2.39. The molecule has 1 fully saturated rings. The van der Waals surface area contributed by atoms with E-state index < -0.39 is 17.7 Å². The molecule has 8 heteroatoms.